The van der Waals surface area contributed by atoms with Gasteiger partial charge in [-0.05, 0) is 0 Å². The van der Waals surface area contributed by atoms with Gasteiger partial charge in [-0.2, -0.15) is 0 Å². The van der Waals surface area contributed by atoms with Gasteiger partial charge in [0.05, 0.1) is 6.33 Å². The number of fused-ring (bicyclic) bond motifs is 1. The molecule has 9 nitrogen and oxygen atoms in total. The zero-order valence-electron chi connectivity index (χ0n) is 10.3. The van der Waals surface area contributed by atoms with Crippen LogP contribution in [0.5, 0.6) is 0 Å². The number of nitrogens with one attached hydrogen (secondary N) is 1. The summed E-state index contributed by atoms with van der Waals surface area (Å²) >= 11 is 0. The largest absolute Gasteiger partial charge is 0.476 e. The van der Waals surface area contributed by atoms with Gasteiger partial charge in [0.1, 0.15) is 6.33 Å². The van der Waals surface area contributed by atoms with Gasteiger partial charge in [-0.3, -0.25) is 4.40 Å². The molecule has 3 rings (SSSR count). The number of carboxylic acid groups (broad SMARTS) is 1. The first-order valence-electron chi connectivity index (χ1n) is 5.87. The number of hydrogen-bond acceptors (Lipinski definition) is 6. The second-order valence-electron chi connectivity index (χ2n) is 4.07. The van der Waals surface area contributed by atoms with Gasteiger partial charge < -0.3 is 15.0 Å². The first-order valence-corrected chi connectivity index (χ1v) is 5.87. The fourth-order valence-electron chi connectivity index (χ4n) is 1.78. The van der Waals surface area contributed by atoms with Crippen molar-refractivity contribution in [2.24, 2.45) is 0 Å². The Morgan fingerprint density at radius 3 is 3.05 bits per heavy atom. The second kappa shape index (κ2) is 4.96. The molecule has 0 radical (unpaired) electrons. The summed E-state index contributed by atoms with van der Waals surface area (Å²) in [6, 6.07) is 0. The predicted octanol–water partition coefficient (Wildman–Crippen LogP) is 0.131. The highest BCUT2D eigenvalue weighted by molar-refractivity contribution is 5.84. The molecule has 0 amide bonds. The van der Waals surface area contributed by atoms with E-state index in [2.05, 4.69) is 25.5 Å². The van der Waals surface area contributed by atoms with Crippen molar-refractivity contribution in [2.45, 2.75) is 6.54 Å². The third-order valence-corrected chi connectivity index (χ3v) is 2.73. The average Bonchev–Trinajstić information content (AvgIpc) is 3.07. The van der Waals surface area contributed by atoms with Crippen LogP contribution in [0.15, 0.2) is 31.2 Å². The molecule has 0 aliphatic rings. The van der Waals surface area contributed by atoms with Crippen LogP contribution in [0, 0.1) is 0 Å². The Labute approximate surface area is 112 Å². The van der Waals surface area contributed by atoms with Gasteiger partial charge >= 0.3 is 5.97 Å². The second-order valence-corrected chi connectivity index (χ2v) is 4.07. The number of carbonyl (C=O) groups is 1. The van der Waals surface area contributed by atoms with Crippen molar-refractivity contribution in [1.82, 2.24) is 29.1 Å². The van der Waals surface area contributed by atoms with Crippen molar-refractivity contribution in [3.63, 3.8) is 0 Å². The van der Waals surface area contributed by atoms with E-state index >= 15 is 0 Å². The highest BCUT2D eigenvalue weighted by Crippen LogP contribution is 2.09. The SMILES string of the molecule is O=C(O)c1cn(CCNc2nccn3cnnc23)cn1. The summed E-state index contributed by atoms with van der Waals surface area (Å²) in [5.74, 6) is -0.407. The van der Waals surface area contributed by atoms with Crippen LogP contribution < -0.4 is 5.32 Å². The maximum atomic E-state index is 10.7. The van der Waals surface area contributed by atoms with E-state index in [9.17, 15) is 4.79 Å². The van der Waals surface area contributed by atoms with E-state index < -0.39 is 5.97 Å². The first-order chi connectivity index (χ1) is 9.74. The van der Waals surface area contributed by atoms with Crippen molar-refractivity contribution in [2.75, 3.05) is 11.9 Å². The quantitative estimate of drug-likeness (QED) is 0.679. The zero-order valence-corrected chi connectivity index (χ0v) is 10.3. The lowest BCUT2D eigenvalue weighted by Gasteiger charge is -2.06. The average molecular weight is 273 g/mol. The highest BCUT2D eigenvalue weighted by atomic mass is 16.4. The summed E-state index contributed by atoms with van der Waals surface area (Å²) in [6.07, 6.45) is 7.97. The highest BCUT2D eigenvalue weighted by Gasteiger charge is 2.07. The summed E-state index contributed by atoms with van der Waals surface area (Å²) in [5.41, 5.74) is 0.673. The van der Waals surface area contributed by atoms with E-state index in [4.69, 9.17) is 5.11 Å². The van der Waals surface area contributed by atoms with E-state index in [0.29, 0.717) is 24.6 Å². The molecule has 0 saturated carbocycles. The monoisotopic (exact) mass is 273 g/mol. The van der Waals surface area contributed by atoms with Crippen LogP contribution in [0.2, 0.25) is 0 Å². The van der Waals surface area contributed by atoms with Crippen LogP contribution in [-0.2, 0) is 6.54 Å². The minimum atomic E-state index is -1.04. The van der Waals surface area contributed by atoms with Gasteiger partial charge in [0.2, 0.25) is 5.65 Å². The Kier molecular flexibility index (Phi) is 2.99. The fourth-order valence-corrected chi connectivity index (χ4v) is 1.78. The molecule has 2 N–H and O–H groups in total. The van der Waals surface area contributed by atoms with E-state index in [1.54, 1.807) is 27.7 Å². The predicted molar refractivity (Wildman–Crippen MR) is 68.5 cm³/mol. The molecule has 0 spiro atoms. The normalized spacial score (nSPS) is 10.8. The molecule has 0 aliphatic carbocycles. The van der Waals surface area contributed by atoms with Gasteiger partial charge in [0.25, 0.3) is 0 Å². The molecule has 0 bridgehead atoms. The van der Waals surface area contributed by atoms with Crippen molar-refractivity contribution in [3.05, 3.63) is 36.9 Å². The number of imidazole rings is 1. The summed E-state index contributed by atoms with van der Waals surface area (Å²) < 4.78 is 3.45. The van der Waals surface area contributed by atoms with E-state index in [0.717, 1.165) is 0 Å². The maximum Gasteiger partial charge on any atom is 0.356 e. The first kappa shape index (κ1) is 12.1. The van der Waals surface area contributed by atoms with Crippen molar-refractivity contribution >= 4 is 17.4 Å². The van der Waals surface area contributed by atoms with Gasteiger partial charge in [-0.25, -0.2) is 14.8 Å². The Balaban J connectivity index is 1.64. The number of carboxylic acids is 1. The molecule has 0 saturated heterocycles. The van der Waals surface area contributed by atoms with Crippen molar-refractivity contribution in [1.29, 1.82) is 0 Å². The topological polar surface area (TPSA) is 110 Å². The summed E-state index contributed by atoms with van der Waals surface area (Å²) in [7, 11) is 0. The standard InChI is InChI=1S/C11H11N7O2/c19-11(20)8-5-17(6-14-8)3-1-12-9-10-16-15-7-18(10)4-2-13-9/h2,4-7H,1,3H2,(H,12,13)(H,19,20). The third kappa shape index (κ3) is 2.28. The van der Waals surface area contributed by atoms with Gasteiger partial charge in [0, 0.05) is 31.7 Å². The summed E-state index contributed by atoms with van der Waals surface area (Å²) in [5, 5.41) is 19.7. The molecule has 0 unspecified atom stereocenters. The Bertz CT molecular complexity index is 748. The van der Waals surface area contributed by atoms with Gasteiger partial charge in [-0.1, -0.05) is 0 Å². The summed E-state index contributed by atoms with van der Waals surface area (Å²) in [6.45, 7) is 1.13. The lowest BCUT2D eigenvalue weighted by Crippen LogP contribution is -2.11. The number of aromatic carboxylic acids is 1. The molecule has 102 valence electrons. The molecule has 20 heavy (non-hydrogen) atoms. The number of rotatable bonds is 5. The lowest BCUT2D eigenvalue weighted by atomic mass is 10.5. The number of nitrogens with zero attached hydrogens (tertiary/aromatic N) is 6. The molecule has 0 aliphatic heterocycles. The number of hydrogen-bond donors (Lipinski definition) is 2. The molecule has 0 fully saturated rings. The Hall–Kier alpha value is -2.97. The lowest BCUT2D eigenvalue weighted by molar-refractivity contribution is 0.0691. The molecule has 0 aromatic carbocycles. The maximum absolute atomic E-state index is 10.7. The molecular weight excluding hydrogens is 262 g/mol. The van der Waals surface area contributed by atoms with Crippen LogP contribution >= 0.6 is 0 Å². The third-order valence-electron chi connectivity index (χ3n) is 2.73. The molecule has 3 heterocycles. The summed E-state index contributed by atoms with van der Waals surface area (Å²) in [4.78, 5) is 18.7. The minimum absolute atomic E-state index is 0.0303. The number of anilines is 1. The minimum Gasteiger partial charge on any atom is -0.476 e. The van der Waals surface area contributed by atoms with Crippen LogP contribution in [0.1, 0.15) is 10.5 Å². The van der Waals surface area contributed by atoms with Gasteiger partial charge in [-0.15, -0.1) is 10.2 Å². The zero-order chi connectivity index (χ0) is 13.9. The van der Waals surface area contributed by atoms with Crippen molar-refractivity contribution in [3.8, 4) is 0 Å². The smallest absolute Gasteiger partial charge is 0.356 e. The fraction of sp³-hybridized carbons (Fsp3) is 0.182. The van der Waals surface area contributed by atoms with Crippen molar-refractivity contribution < 1.29 is 9.90 Å². The molecule has 9 heteroatoms. The van der Waals surface area contributed by atoms with E-state index in [1.807, 2.05) is 0 Å². The van der Waals surface area contributed by atoms with E-state index in [1.165, 1.54) is 12.5 Å². The van der Waals surface area contributed by atoms with Crippen LogP contribution in [0.4, 0.5) is 5.82 Å². The number of aromatic nitrogens is 6. The Morgan fingerprint density at radius 1 is 1.35 bits per heavy atom. The molecule has 3 aromatic rings. The van der Waals surface area contributed by atoms with Crippen LogP contribution in [0.25, 0.3) is 5.65 Å². The van der Waals surface area contributed by atoms with Gasteiger partial charge in [0.15, 0.2) is 11.5 Å². The van der Waals surface area contributed by atoms with E-state index in [-0.39, 0.29) is 5.69 Å². The molecular formula is C11H11N7O2. The Morgan fingerprint density at radius 2 is 2.25 bits per heavy atom. The molecule has 0 atom stereocenters. The van der Waals surface area contributed by atoms with Crippen LogP contribution in [0.3, 0.4) is 0 Å². The van der Waals surface area contributed by atoms with Crippen LogP contribution in [-0.4, -0.2) is 46.8 Å². The molecule has 3 aromatic heterocycles.